The molecule has 1 amide bonds. The van der Waals surface area contributed by atoms with E-state index in [4.69, 9.17) is 0 Å². The standard InChI is InChI=1S/C9H15NO/c1-5-4-6(11)10-8-7(5)9(8,2)3/h5,7-8H,4H2,1-3H3,(H,10,11)/t5-,7+,8-/m0/s1. The first kappa shape index (κ1) is 7.14. The number of fused-ring (bicyclic) bond motifs is 1. The average molecular weight is 153 g/mol. The molecule has 0 aromatic heterocycles. The summed E-state index contributed by atoms with van der Waals surface area (Å²) in [4.78, 5) is 11.1. The molecule has 1 saturated heterocycles. The Labute approximate surface area is 67.4 Å². The summed E-state index contributed by atoms with van der Waals surface area (Å²) in [7, 11) is 0. The predicted octanol–water partition coefficient (Wildman–Crippen LogP) is 1.17. The van der Waals surface area contributed by atoms with Gasteiger partial charge in [0.1, 0.15) is 0 Å². The van der Waals surface area contributed by atoms with Gasteiger partial charge in [0, 0.05) is 12.5 Å². The summed E-state index contributed by atoms with van der Waals surface area (Å²) in [6.07, 6.45) is 0.727. The van der Waals surface area contributed by atoms with Crippen molar-refractivity contribution in [3.63, 3.8) is 0 Å². The van der Waals surface area contributed by atoms with Crippen LogP contribution in [0.5, 0.6) is 0 Å². The number of rotatable bonds is 0. The highest BCUT2D eigenvalue weighted by Crippen LogP contribution is 2.58. The first-order valence-electron chi connectivity index (χ1n) is 4.33. The molecule has 2 rings (SSSR count). The lowest BCUT2D eigenvalue weighted by molar-refractivity contribution is -0.123. The first-order valence-corrected chi connectivity index (χ1v) is 4.33. The van der Waals surface area contributed by atoms with Gasteiger partial charge in [-0.25, -0.2) is 0 Å². The fourth-order valence-corrected chi connectivity index (χ4v) is 2.67. The molecular weight excluding hydrogens is 138 g/mol. The van der Waals surface area contributed by atoms with Gasteiger partial charge in [-0.15, -0.1) is 0 Å². The molecule has 0 spiro atoms. The minimum absolute atomic E-state index is 0.240. The minimum atomic E-state index is 0.240. The Bertz CT molecular complexity index is 210. The Morgan fingerprint density at radius 3 is 2.73 bits per heavy atom. The molecule has 2 fully saturated rings. The number of carbonyl (C=O) groups excluding carboxylic acids is 1. The third kappa shape index (κ3) is 0.815. The van der Waals surface area contributed by atoms with E-state index >= 15 is 0 Å². The molecular formula is C9H15NO. The van der Waals surface area contributed by atoms with Gasteiger partial charge >= 0.3 is 0 Å². The van der Waals surface area contributed by atoms with Crippen LogP contribution in [0.25, 0.3) is 0 Å². The zero-order chi connectivity index (χ0) is 8.22. The highest BCUT2D eigenvalue weighted by Gasteiger charge is 2.62. The second-order valence-electron chi connectivity index (χ2n) is 4.57. The lowest BCUT2D eigenvalue weighted by Gasteiger charge is -2.16. The van der Waals surface area contributed by atoms with Crippen LogP contribution >= 0.6 is 0 Å². The largest absolute Gasteiger partial charge is 0.353 e. The third-order valence-corrected chi connectivity index (χ3v) is 3.35. The van der Waals surface area contributed by atoms with Gasteiger partial charge in [-0.05, 0) is 17.3 Å². The molecule has 0 radical (unpaired) electrons. The highest BCUT2D eigenvalue weighted by molar-refractivity contribution is 5.78. The molecule has 2 aliphatic rings. The van der Waals surface area contributed by atoms with Gasteiger partial charge in [-0.3, -0.25) is 4.79 Å². The van der Waals surface area contributed by atoms with Crippen LogP contribution in [0.4, 0.5) is 0 Å². The number of hydrogen-bond acceptors (Lipinski definition) is 1. The van der Waals surface area contributed by atoms with Gasteiger partial charge < -0.3 is 5.32 Å². The molecule has 0 unspecified atom stereocenters. The maximum absolute atomic E-state index is 11.1. The lowest BCUT2D eigenvalue weighted by atomic mass is 9.95. The number of nitrogens with one attached hydrogen (secondary N) is 1. The SMILES string of the molecule is C[C@H]1CC(=O)N[C@H]2[C@@H]1C2(C)C. The number of carbonyl (C=O) groups is 1. The zero-order valence-electron chi connectivity index (χ0n) is 7.35. The van der Waals surface area contributed by atoms with Crippen molar-refractivity contribution in [1.29, 1.82) is 0 Å². The summed E-state index contributed by atoms with van der Waals surface area (Å²) in [5.74, 6) is 1.56. The van der Waals surface area contributed by atoms with E-state index in [2.05, 4.69) is 26.1 Å². The van der Waals surface area contributed by atoms with Crippen LogP contribution in [0, 0.1) is 17.3 Å². The maximum atomic E-state index is 11.1. The maximum Gasteiger partial charge on any atom is 0.220 e. The smallest absolute Gasteiger partial charge is 0.220 e. The molecule has 0 bridgehead atoms. The fraction of sp³-hybridized carbons (Fsp3) is 0.889. The van der Waals surface area contributed by atoms with Crippen LogP contribution < -0.4 is 5.32 Å². The normalized spacial score (nSPS) is 46.1. The Kier molecular flexibility index (Phi) is 1.16. The lowest BCUT2D eigenvalue weighted by Crippen LogP contribution is -2.34. The van der Waals surface area contributed by atoms with Crippen molar-refractivity contribution in [2.45, 2.75) is 33.2 Å². The summed E-state index contributed by atoms with van der Waals surface area (Å²) >= 11 is 0. The number of amides is 1. The van der Waals surface area contributed by atoms with Crippen molar-refractivity contribution in [3.8, 4) is 0 Å². The van der Waals surface area contributed by atoms with Crippen molar-refractivity contribution < 1.29 is 4.79 Å². The van der Waals surface area contributed by atoms with Gasteiger partial charge in [-0.1, -0.05) is 20.8 Å². The molecule has 2 heteroatoms. The molecule has 1 aliphatic heterocycles. The average Bonchev–Trinajstić information content (AvgIpc) is 2.34. The summed E-state index contributed by atoms with van der Waals surface area (Å²) < 4.78 is 0. The van der Waals surface area contributed by atoms with E-state index in [0.29, 0.717) is 17.4 Å². The molecule has 1 saturated carbocycles. The Morgan fingerprint density at radius 2 is 2.18 bits per heavy atom. The third-order valence-electron chi connectivity index (χ3n) is 3.35. The fourth-order valence-electron chi connectivity index (χ4n) is 2.67. The van der Waals surface area contributed by atoms with Crippen molar-refractivity contribution in [2.75, 3.05) is 0 Å². The van der Waals surface area contributed by atoms with Crippen molar-refractivity contribution in [3.05, 3.63) is 0 Å². The van der Waals surface area contributed by atoms with Crippen molar-refractivity contribution in [1.82, 2.24) is 5.32 Å². The van der Waals surface area contributed by atoms with Crippen LogP contribution in [0.1, 0.15) is 27.2 Å². The summed E-state index contributed by atoms with van der Waals surface area (Å²) in [5, 5.41) is 3.04. The first-order chi connectivity index (χ1) is 5.03. The Morgan fingerprint density at radius 1 is 1.55 bits per heavy atom. The molecule has 1 aliphatic carbocycles. The highest BCUT2D eigenvalue weighted by atomic mass is 16.1. The van der Waals surface area contributed by atoms with Crippen LogP contribution in [-0.4, -0.2) is 11.9 Å². The van der Waals surface area contributed by atoms with E-state index in [9.17, 15) is 4.79 Å². The minimum Gasteiger partial charge on any atom is -0.353 e. The summed E-state index contributed by atoms with van der Waals surface area (Å²) in [6, 6.07) is 0.471. The van der Waals surface area contributed by atoms with Crippen LogP contribution in [0.3, 0.4) is 0 Å². The van der Waals surface area contributed by atoms with E-state index in [0.717, 1.165) is 12.3 Å². The Hall–Kier alpha value is -0.530. The van der Waals surface area contributed by atoms with Gasteiger partial charge in [0.05, 0.1) is 0 Å². The second kappa shape index (κ2) is 1.79. The summed E-state index contributed by atoms with van der Waals surface area (Å²) in [5.41, 5.74) is 0.367. The van der Waals surface area contributed by atoms with Crippen molar-refractivity contribution >= 4 is 5.91 Å². The molecule has 0 aromatic carbocycles. The monoisotopic (exact) mass is 153 g/mol. The number of piperidine rings is 1. The van der Waals surface area contributed by atoms with Crippen LogP contribution in [0.2, 0.25) is 0 Å². The van der Waals surface area contributed by atoms with E-state index in [1.807, 2.05) is 0 Å². The van der Waals surface area contributed by atoms with Gasteiger partial charge in [-0.2, -0.15) is 0 Å². The second-order valence-corrected chi connectivity index (χ2v) is 4.57. The molecule has 0 aromatic rings. The van der Waals surface area contributed by atoms with E-state index < -0.39 is 0 Å². The zero-order valence-corrected chi connectivity index (χ0v) is 7.35. The number of hydrogen-bond donors (Lipinski definition) is 1. The van der Waals surface area contributed by atoms with Crippen LogP contribution in [0.15, 0.2) is 0 Å². The van der Waals surface area contributed by atoms with Gasteiger partial charge in [0.2, 0.25) is 5.91 Å². The van der Waals surface area contributed by atoms with Crippen molar-refractivity contribution in [2.24, 2.45) is 17.3 Å². The van der Waals surface area contributed by atoms with Gasteiger partial charge in [0.15, 0.2) is 0 Å². The molecule has 11 heavy (non-hydrogen) atoms. The molecule has 1 heterocycles. The van der Waals surface area contributed by atoms with Gasteiger partial charge in [0.25, 0.3) is 0 Å². The van der Waals surface area contributed by atoms with E-state index in [1.54, 1.807) is 0 Å². The molecule has 2 nitrogen and oxygen atoms in total. The Balaban J connectivity index is 2.17. The van der Waals surface area contributed by atoms with E-state index in [1.165, 1.54) is 0 Å². The topological polar surface area (TPSA) is 29.1 Å². The predicted molar refractivity (Wildman–Crippen MR) is 43.0 cm³/mol. The molecule has 1 N–H and O–H groups in total. The summed E-state index contributed by atoms with van der Waals surface area (Å²) in [6.45, 7) is 6.67. The van der Waals surface area contributed by atoms with E-state index in [-0.39, 0.29) is 5.91 Å². The molecule has 62 valence electrons. The van der Waals surface area contributed by atoms with Crippen LogP contribution in [-0.2, 0) is 4.79 Å². The molecule has 3 atom stereocenters. The quantitative estimate of drug-likeness (QED) is 0.556.